The van der Waals surface area contributed by atoms with Crippen LogP contribution in [0.5, 0.6) is 0 Å². The molecule has 0 saturated carbocycles. The van der Waals surface area contributed by atoms with Crippen molar-refractivity contribution < 1.29 is 10.1 Å². The maximum atomic E-state index is 12.4. The molecule has 3 rings (SSSR count). The van der Waals surface area contributed by atoms with Crippen LogP contribution in [0.4, 0.5) is 0 Å². The van der Waals surface area contributed by atoms with Crippen molar-refractivity contribution in [2.45, 2.75) is 19.4 Å². The van der Waals surface area contributed by atoms with Crippen LogP contribution in [0.25, 0.3) is 0 Å². The molecule has 0 radical (unpaired) electrons. The molecule has 0 aromatic heterocycles. The van der Waals surface area contributed by atoms with E-state index in [-0.39, 0.29) is 11.9 Å². The summed E-state index contributed by atoms with van der Waals surface area (Å²) in [7, 11) is 0. The molecule has 2 N–H and O–H groups in total. The first-order valence-electron chi connectivity index (χ1n) is 8.15. The number of hydrogen-bond acceptors (Lipinski definition) is 2. The number of hydrogen-bond donors (Lipinski definition) is 1. The average molecular weight is 343 g/mol. The quantitative estimate of drug-likeness (QED) is 0.892. The summed E-state index contributed by atoms with van der Waals surface area (Å²) in [5.41, 5.74) is 3.23. The molecule has 0 aliphatic carbocycles. The molecule has 4 nitrogen and oxygen atoms in total. The Balaban J connectivity index is 1.56. The summed E-state index contributed by atoms with van der Waals surface area (Å²) in [6, 6.07) is 18.0. The summed E-state index contributed by atoms with van der Waals surface area (Å²) in [5.74, 6) is 0.0433. The first kappa shape index (κ1) is 16.7. The lowest BCUT2D eigenvalue weighted by Crippen LogP contribution is -2.86. The third-order valence-corrected chi connectivity index (χ3v) is 4.49. The Morgan fingerprint density at radius 2 is 1.92 bits per heavy atom. The zero-order valence-corrected chi connectivity index (χ0v) is 14.4. The van der Waals surface area contributed by atoms with Crippen molar-refractivity contribution in [1.29, 1.82) is 0 Å². The van der Waals surface area contributed by atoms with E-state index in [1.165, 1.54) is 0 Å². The number of halogens is 1. The van der Waals surface area contributed by atoms with Gasteiger partial charge in [-0.1, -0.05) is 54.1 Å². The van der Waals surface area contributed by atoms with Crippen LogP contribution >= 0.6 is 11.6 Å². The first-order valence-corrected chi connectivity index (χ1v) is 8.53. The molecule has 2 aromatic rings. The van der Waals surface area contributed by atoms with E-state index in [4.69, 9.17) is 11.6 Å². The summed E-state index contributed by atoms with van der Waals surface area (Å²) in [6.45, 7) is 3.13. The van der Waals surface area contributed by atoms with Gasteiger partial charge < -0.3 is 5.32 Å². The zero-order valence-electron chi connectivity index (χ0n) is 13.7. The minimum absolute atomic E-state index is 0.0433. The Morgan fingerprint density at radius 1 is 1.21 bits per heavy atom. The predicted molar refractivity (Wildman–Crippen MR) is 96.0 cm³/mol. The van der Waals surface area contributed by atoms with E-state index in [1.807, 2.05) is 59.9 Å². The maximum Gasteiger partial charge on any atom is 0.297 e. The van der Waals surface area contributed by atoms with E-state index >= 15 is 0 Å². The number of quaternary nitrogens is 1. The normalized spacial score (nSPS) is 15.2. The predicted octanol–water partition coefficient (Wildman–Crippen LogP) is 2.60. The fourth-order valence-electron chi connectivity index (χ4n) is 2.76. The van der Waals surface area contributed by atoms with Crippen molar-refractivity contribution in [2.24, 2.45) is 5.10 Å². The lowest BCUT2D eigenvalue weighted by atomic mass is 10.1. The number of carbonyl (C=O) groups is 1. The van der Waals surface area contributed by atoms with Gasteiger partial charge in [-0.2, -0.15) is 5.10 Å². The number of benzene rings is 2. The molecule has 0 saturated heterocycles. The Labute approximate surface area is 147 Å². The molecule has 1 aliphatic heterocycles. The lowest BCUT2D eigenvalue weighted by Gasteiger charge is -2.14. The average Bonchev–Trinajstić information content (AvgIpc) is 3.11. The van der Waals surface area contributed by atoms with E-state index in [0.29, 0.717) is 13.1 Å². The third kappa shape index (κ3) is 4.02. The molecule has 1 aliphatic rings. The van der Waals surface area contributed by atoms with Gasteiger partial charge in [0.25, 0.3) is 5.91 Å². The van der Waals surface area contributed by atoms with Crippen LogP contribution < -0.4 is 5.32 Å². The van der Waals surface area contributed by atoms with Gasteiger partial charge in [0.1, 0.15) is 6.04 Å². The van der Waals surface area contributed by atoms with Gasteiger partial charge in [0, 0.05) is 17.0 Å². The first-order chi connectivity index (χ1) is 11.6. The second-order valence-electron chi connectivity index (χ2n) is 5.96. The number of nitrogens with two attached hydrogens (primary N) is 1. The van der Waals surface area contributed by atoms with Crippen LogP contribution in [0, 0.1) is 0 Å². The van der Waals surface area contributed by atoms with Crippen molar-refractivity contribution >= 4 is 23.2 Å². The molecule has 24 heavy (non-hydrogen) atoms. The fraction of sp³-hybridized carbons (Fsp3) is 0.263. The summed E-state index contributed by atoms with van der Waals surface area (Å²) in [5, 5.41) is 8.83. The molecule has 1 heterocycles. The van der Waals surface area contributed by atoms with Crippen molar-refractivity contribution in [2.75, 3.05) is 13.1 Å². The molecule has 0 unspecified atom stereocenters. The molecule has 1 amide bonds. The molecule has 0 spiro atoms. The van der Waals surface area contributed by atoms with Crippen molar-refractivity contribution in [3.63, 3.8) is 0 Å². The minimum atomic E-state index is 0.0433. The minimum Gasteiger partial charge on any atom is -0.332 e. The molecule has 2 aromatic carbocycles. The van der Waals surface area contributed by atoms with E-state index in [9.17, 15) is 4.79 Å². The summed E-state index contributed by atoms with van der Waals surface area (Å²) in [6.07, 6.45) is 0.808. The van der Waals surface area contributed by atoms with Gasteiger partial charge in [-0.25, -0.2) is 5.01 Å². The lowest BCUT2D eigenvalue weighted by molar-refractivity contribution is -0.683. The molecular formula is C19H21ClN3O+. The summed E-state index contributed by atoms with van der Waals surface area (Å²) >= 11 is 5.91. The van der Waals surface area contributed by atoms with E-state index < -0.39 is 0 Å². The van der Waals surface area contributed by atoms with Crippen molar-refractivity contribution in [3.05, 3.63) is 70.7 Å². The molecule has 1 atom stereocenters. The molecule has 0 fully saturated rings. The SMILES string of the molecule is C[C@H]([NH2+]CC(=O)N1CCC(c2ccccc2)=N1)c1ccc(Cl)cc1. The van der Waals surface area contributed by atoms with Gasteiger partial charge in [0.15, 0.2) is 6.54 Å². The van der Waals surface area contributed by atoms with Gasteiger partial charge in [-0.05, 0) is 24.6 Å². The van der Waals surface area contributed by atoms with Gasteiger partial charge >= 0.3 is 0 Å². The Hall–Kier alpha value is -2.17. The smallest absolute Gasteiger partial charge is 0.297 e. The third-order valence-electron chi connectivity index (χ3n) is 4.24. The van der Waals surface area contributed by atoms with E-state index in [0.717, 1.165) is 28.3 Å². The second kappa shape index (κ2) is 7.60. The number of amides is 1. The fourth-order valence-corrected chi connectivity index (χ4v) is 2.88. The van der Waals surface area contributed by atoms with Gasteiger partial charge in [-0.15, -0.1) is 0 Å². The highest BCUT2D eigenvalue weighted by Gasteiger charge is 2.23. The van der Waals surface area contributed by atoms with Crippen LogP contribution in [0.2, 0.25) is 5.02 Å². The van der Waals surface area contributed by atoms with E-state index in [1.54, 1.807) is 5.01 Å². The monoisotopic (exact) mass is 342 g/mol. The van der Waals surface area contributed by atoms with Gasteiger partial charge in [0.05, 0.1) is 12.3 Å². The highest BCUT2D eigenvalue weighted by molar-refractivity contribution is 6.30. The number of hydrazone groups is 1. The van der Waals surface area contributed by atoms with Crippen LogP contribution in [-0.2, 0) is 4.79 Å². The summed E-state index contributed by atoms with van der Waals surface area (Å²) < 4.78 is 0. The number of carbonyl (C=O) groups excluding carboxylic acids is 1. The van der Waals surface area contributed by atoms with Crippen LogP contribution in [0.3, 0.4) is 0 Å². The highest BCUT2D eigenvalue weighted by Crippen LogP contribution is 2.14. The van der Waals surface area contributed by atoms with Crippen LogP contribution in [0.1, 0.15) is 30.5 Å². The Morgan fingerprint density at radius 3 is 2.62 bits per heavy atom. The topological polar surface area (TPSA) is 49.3 Å². The second-order valence-corrected chi connectivity index (χ2v) is 6.40. The molecule has 124 valence electrons. The molecule has 0 bridgehead atoms. The van der Waals surface area contributed by atoms with E-state index in [2.05, 4.69) is 12.0 Å². The zero-order chi connectivity index (χ0) is 16.9. The Bertz CT molecular complexity index is 728. The van der Waals surface area contributed by atoms with Crippen molar-refractivity contribution in [3.8, 4) is 0 Å². The van der Waals surface area contributed by atoms with Gasteiger partial charge in [0.2, 0.25) is 0 Å². The molecule has 5 heteroatoms. The number of rotatable bonds is 5. The van der Waals surface area contributed by atoms with Crippen LogP contribution in [-0.4, -0.2) is 29.7 Å². The molecular weight excluding hydrogens is 322 g/mol. The van der Waals surface area contributed by atoms with Crippen LogP contribution in [0.15, 0.2) is 59.7 Å². The summed E-state index contributed by atoms with van der Waals surface area (Å²) in [4.78, 5) is 12.4. The highest BCUT2D eigenvalue weighted by atomic mass is 35.5. The maximum absolute atomic E-state index is 12.4. The standard InChI is InChI=1S/C19H20ClN3O/c1-14(15-7-9-17(20)10-8-15)21-13-19(24)23-12-11-18(22-23)16-5-3-2-4-6-16/h2-10,14,21H,11-13H2,1H3/p+1/t14-/m0/s1. The Kier molecular flexibility index (Phi) is 5.28. The number of nitrogens with zero attached hydrogens (tertiary/aromatic N) is 2. The largest absolute Gasteiger partial charge is 0.332 e. The van der Waals surface area contributed by atoms with Gasteiger partial charge in [-0.3, -0.25) is 4.79 Å². The van der Waals surface area contributed by atoms with Crippen molar-refractivity contribution in [1.82, 2.24) is 5.01 Å².